The van der Waals surface area contributed by atoms with Gasteiger partial charge in [-0.2, -0.15) is 0 Å². The van der Waals surface area contributed by atoms with Gasteiger partial charge < -0.3 is 0 Å². The van der Waals surface area contributed by atoms with Crippen LogP contribution in [0, 0.1) is 0 Å². The summed E-state index contributed by atoms with van der Waals surface area (Å²) in [6.07, 6.45) is 1.32. The fourth-order valence-electron chi connectivity index (χ4n) is 2.77. The van der Waals surface area contributed by atoms with Crippen LogP contribution in [0.15, 0.2) is 90.0 Å². The van der Waals surface area contributed by atoms with Gasteiger partial charge in [0.2, 0.25) is 0 Å². The van der Waals surface area contributed by atoms with E-state index in [9.17, 15) is 9.59 Å². The molecule has 1 aromatic heterocycles. The van der Waals surface area contributed by atoms with E-state index in [0.717, 1.165) is 15.8 Å². The van der Waals surface area contributed by atoms with Crippen LogP contribution in [-0.2, 0) is 0 Å². The molecule has 0 aliphatic carbocycles. The molecule has 0 saturated heterocycles. The standard InChI is InChI=1S/C21H15N3O2/c25-20(17-12-10-16(11-13-17)15-6-2-1-3-7-15)23-24-14-22-19-9-5-4-8-18(19)21(24)26/h1-14H,(H,23,25). The summed E-state index contributed by atoms with van der Waals surface area (Å²) in [5.41, 5.74) is 5.42. The number of para-hydroxylation sites is 1. The van der Waals surface area contributed by atoms with Gasteiger partial charge in [0.05, 0.1) is 10.9 Å². The van der Waals surface area contributed by atoms with Gasteiger partial charge in [-0.3, -0.25) is 15.0 Å². The quantitative estimate of drug-likeness (QED) is 0.621. The number of rotatable bonds is 3. The summed E-state index contributed by atoms with van der Waals surface area (Å²) in [6, 6.07) is 24.2. The average molecular weight is 341 g/mol. The number of carbonyl (C=O) groups is 1. The van der Waals surface area contributed by atoms with Gasteiger partial charge >= 0.3 is 0 Å². The number of nitrogens with zero attached hydrogens (tertiary/aromatic N) is 2. The Morgan fingerprint density at radius 3 is 2.23 bits per heavy atom. The molecule has 0 saturated carbocycles. The number of benzene rings is 3. The number of carbonyl (C=O) groups excluding carboxylic acids is 1. The Morgan fingerprint density at radius 2 is 1.46 bits per heavy atom. The molecule has 4 aromatic rings. The smallest absolute Gasteiger partial charge is 0.267 e. The number of hydrogen-bond donors (Lipinski definition) is 1. The van der Waals surface area contributed by atoms with E-state index >= 15 is 0 Å². The summed E-state index contributed by atoms with van der Waals surface area (Å²) in [6.45, 7) is 0. The van der Waals surface area contributed by atoms with E-state index in [1.54, 1.807) is 30.3 Å². The Bertz CT molecular complexity index is 1130. The van der Waals surface area contributed by atoms with Crippen LogP contribution in [0.3, 0.4) is 0 Å². The summed E-state index contributed by atoms with van der Waals surface area (Å²) >= 11 is 0. The monoisotopic (exact) mass is 341 g/mol. The van der Waals surface area contributed by atoms with Crippen molar-refractivity contribution in [3.05, 3.63) is 101 Å². The van der Waals surface area contributed by atoms with Gasteiger partial charge in [-0.25, -0.2) is 9.66 Å². The summed E-state index contributed by atoms with van der Waals surface area (Å²) < 4.78 is 1.11. The second-order valence-electron chi connectivity index (χ2n) is 5.82. The van der Waals surface area contributed by atoms with Crippen molar-refractivity contribution in [3.63, 3.8) is 0 Å². The van der Waals surface area contributed by atoms with Gasteiger partial charge in [0.15, 0.2) is 0 Å². The topological polar surface area (TPSA) is 64.0 Å². The highest BCUT2D eigenvalue weighted by Crippen LogP contribution is 2.19. The van der Waals surface area contributed by atoms with E-state index in [-0.39, 0.29) is 11.5 Å². The second kappa shape index (κ2) is 6.64. The minimum absolute atomic E-state index is 0.315. The Morgan fingerprint density at radius 1 is 0.808 bits per heavy atom. The molecule has 0 bridgehead atoms. The zero-order valence-corrected chi connectivity index (χ0v) is 13.8. The Hall–Kier alpha value is -3.73. The molecule has 5 heteroatoms. The lowest BCUT2D eigenvalue weighted by molar-refractivity contribution is 0.101. The Balaban J connectivity index is 1.59. The number of amides is 1. The van der Waals surface area contributed by atoms with Crippen molar-refractivity contribution in [2.24, 2.45) is 0 Å². The predicted molar refractivity (Wildman–Crippen MR) is 102 cm³/mol. The molecule has 0 aliphatic heterocycles. The highest BCUT2D eigenvalue weighted by molar-refractivity contribution is 6.00. The minimum atomic E-state index is -0.371. The van der Waals surface area contributed by atoms with E-state index in [2.05, 4.69) is 10.4 Å². The third kappa shape index (κ3) is 2.98. The molecule has 1 amide bonds. The van der Waals surface area contributed by atoms with Crippen molar-refractivity contribution in [1.29, 1.82) is 0 Å². The summed E-state index contributed by atoms with van der Waals surface area (Å²) in [4.78, 5) is 29.1. The highest BCUT2D eigenvalue weighted by Gasteiger charge is 2.09. The lowest BCUT2D eigenvalue weighted by Gasteiger charge is -2.09. The van der Waals surface area contributed by atoms with Crippen LogP contribution in [0.25, 0.3) is 22.0 Å². The maximum Gasteiger partial charge on any atom is 0.280 e. The third-order valence-corrected chi connectivity index (χ3v) is 4.14. The fraction of sp³-hybridized carbons (Fsp3) is 0. The van der Waals surface area contributed by atoms with Gasteiger partial charge in [0, 0.05) is 5.56 Å². The molecule has 0 atom stereocenters. The van der Waals surface area contributed by atoms with Crippen molar-refractivity contribution in [3.8, 4) is 11.1 Å². The molecule has 3 aromatic carbocycles. The van der Waals surface area contributed by atoms with Gasteiger partial charge in [0.25, 0.3) is 11.5 Å². The number of aromatic nitrogens is 2. The van der Waals surface area contributed by atoms with Crippen LogP contribution in [-0.4, -0.2) is 15.6 Å². The summed E-state index contributed by atoms with van der Waals surface area (Å²) in [5.74, 6) is -0.371. The highest BCUT2D eigenvalue weighted by atomic mass is 16.2. The van der Waals surface area contributed by atoms with E-state index in [1.807, 2.05) is 48.5 Å². The van der Waals surface area contributed by atoms with E-state index in [1.165, 1.54) is 6.33 Å². The zero-order valence-electron chi connectivity index (χ0n) is 13.8. The molecule has 1 heterocycles. The van der Waals surface area contributed by atoms with Gasteiger partial charge in [-0.05, 0) is 35.4 Å². The molecule has 0 aliphatic rings. The van der Waals surface area contributed by atoms with Gasteiger partial charge in [-0.1, -0.05) is 54.6 Å². The molecule has 0 fully saturated rings. The van der Waals surface area contributed by atoms with Crippen LogP contribution < -0.4 is 11.0 Å². The van der Waals surface area contributed by atoms with Crippen LogP contribution in [0.1, 0.15) is 10.4 Å². The van der Waals surface area contributed by atoms with Gasteiger partial charge in [-0.15, -0.1) is 0 Å². The van der Waals surface area contributed by atoms with Crippen molar-refractivity contribution >= 4 is 16.8 Å². The molecule has 26 heavy (non-hydrogen) atoms. The molecule has 0 unspecified atom stereocenters. The largest absolute Gasteiger partial charge is 0.280 e. The van der Waals surface area contributed by atoms with Crippen molar-refractivity contribution in [1.82, 2.24) is 9.66 Å². The first-order valence-electron chi connectivity index (χ1n) is 8.15. The van der Waals surface area contributed by atoms with Crippen molar-refractivity contribution in [2.45, 2.75) is 0 Å². The van der Waals surface area contributed by atoms with Crippen molar-refractivity contribution < 1.29 is 4.79 Å². The van der Waals surface area contributed by atoms with Crippen LogP contribution in [0.2, 0.25) is 0 Å². The first-order chi connectivity index (χ1) is 12.7. The molecule has 5 nitrogen and oxygen atoms in total. The minimum Gasteiger partial charge on any atom is -0.267 e. The summed E-state index contributed by atoms with van der Waals surface area (Å²) in [7, 11) is 0. The maximum absolute atomic E-state index is 12.5. The predicted octanol–water partition coefficient (Wildman–Crippen LogP) is 3.45. The zero-order chi connectivity index (χ0) is 17.9. The average Bonchev–Trinajstić information content (AvgIpc) is 2.71. The molecule has 0 radical (unpaired) electrons. The van der Waals surface area contributed by atoms with Crippen LogP contribution in [0.5, 0.6) is 0 Å². The molecule has 0 spiro atoms. The lowest BCUT2D eigenvalue weighted by atomic mass is 10.0. The first-order valence-corrected chi connectivity index (χ1v) is 8.15. The normalized spacial score (nSPS) is 10.6. The molecular formula is C21H15N3O2. The third-order valence-electron chi connectivity index (χ3n) is 4.14. The van der Waals surface area contributed by atoms with E-state index in [4.69, 9.17) is 0 Å². The van der Waals surface area contributed by atoms with Gasteiger partial charge in [0.1, 0.15) is 6.33 Å². The molecule has 4 rings (SSSR count). The SMILES string of the molecule is O=C(Nn1cnc2ccccc2c1=O)c1ccc(-c2ccccc2)cc1. The Labute approximate surface area is 149 Å². The fourth-order valence-corrected chi connectivity index (χ4v) is 2.77. The number of fused-ring (bicyclic) bond motifs is 1. The van der Waals surface area contributed by atoms with Crippen molar-refractivity contribution in [2.75, 3.05) is 5.43 Å². The first kappa shape index (κ1) is 15.8. The molecule has 1 N–H and O–H groups in total. The van der Waals surface area contributed by atoms with E-state index < -0.39 is 0 Å². The second-order valence-corrected chi connectivity index (χ2v) is 5.82. The Kier molecular flexibility index (Phi) is 4.03. The number of nitrogens with one attached hydrogen (secondary N) is 1. The lowest BCUT2D eigenvalue weighted by Crippen LogP contribution is -2.33. The number of hydrogen-bond acceptors (Lipinski definition) is 3. The summed E-state index contributed by atoms with van der Waals surface area (Å²) in [5, 5.41) is 0.453. The van der Waals surface area contributed by atoms with Crippen LogP contribution in [0.4, 0.5) is 0 Å². The van der Waals surface area contributed by atoms with E-state index in [0.29, 0.717) is 16.5 Å². The molecule has 126 valence electrons. The van der Waals surface area contributed by atoms with Crippen LogP contribution >= 0.6 is 0 Å². The maximum atomic E-state index is 12.5. The molecular weight excluding hydrogens is 326 g/mol.